The minimum atomic E-state index is -0.160. The van der Waals surface area contributed by atoms with E-state index >= 15 is 0 Å². The predicted octanol–water partition coefficient (Wildman–Crippen LogP) is 3.38. The standard InChI is InChI=1S/C14H17NO/c1-14(2,3)11-7-10-13(16)15-12-8-5-4-6-9-12/h4-6,8-11H,1-3H3,(H,15,16). The Kier molecular flexibility index (Phi) is 4.10. The fourth-order valence-corrected chi connectivity index (χ4v) is 1.07. The number of anilines is 1. The second kappa shape index (κ2) is 5.34. The Morgan fingerprint density at radius 2 is 1.88 bits per heavy atom. The van der Waals surface area contributed by atoms with Crippen LogP contribution in [0.3, 0.4) is 0 Å². The average Bonchev–Trinajstić information content (AvgIpc) is 2.17. The van der Waals surface area contributed by atoms with Crippen molar-refractivity contribution in [3.8, 4) is 0 Å². The molecule has 0 unspecified atom stereocenters. The summed E-state index contributed by atoms with van der Waals surface area (Å²) in [4.78, 5) is 11.4. The fourth-order valence-electron chi connectivity index (χ4n) is 1.07. The molecule has 0 saturated carbocycles. The van der Waals surface area contributed by atoms with E-state index in [-0.39, 0.29) is 11.3 Å². The van der Waals surface area contributed by atoms with Crippen LogP contribution in [0, 0.1) is 5.41 Å². The molecule has 0 saturated heterocycles. The first-order valence-corrected chi connectivity index (χ1v) is 5.27. The molecule has 0 fully saturated rings. The molecule has 0 radical (unpaired) electrons. The minimum absolute atomic E-state index is 0.0452. The number of amides is 1. The van der Waals surface area contributed by atoms with Crippen LogP contribution in [0.25, 0.3) is 0 Å². The van der Waals surface area contributed by atoms with E-state index in [1.54, 1.807) is 0 Å². The lowest BCUT2D eigenvalue weighted by molar-refractivity contribution is -0.111. The van der Waals surface area contributed by atoms with E-state index in [1.807, 2.05) is 36.4 Å². The maximum Gasteiger partial charge on any atom is 0.256 e. The molecule has 0 spiro atoms. The fraction of sp³-hybridized carbons (Fsp3) is 0.286. The lowest BCUT2D eigenvalue weighted by atomic mass is 9.97. The number of rotatable bonds is 2. The van der Waals surface area contributed by atoms with Crippen LogP contribution in [0.5, 0.6) is 0 Å². The summed E-state index contributed by atoms with van der Waals surface area (Å²) in [6.07, 6.45) is 3.29. The topological polar surface area (TPSA) is 29.1 Å². The van der Waals surface area contributed by atoms with Gasteiger partial charge < -0.3 is 5.32 Å². The SMILES string of the molecule is CC(C)(C)C=C=CC(=O)Nc1ccccc1. The van der Waals surface area contributed by atoms with Gasteiger partial charge in [-0.1, -0.05) is 39.0 Å². The first-order valence-electron chi connectivity index (χ1n) is 5.27. The molecular weight excluding hydrogens is 198 g/mol. The summed E-state index contributed by atoms with van der Waals surface area (Å²) in [5, 5.41) is 2.75. The molecule has 2 nitrogen and oxygen atoms in total. The highest BCUT2D eigenvalue weighted by Crippen LogP contribution is 2.13. The van der Waals surface area contributed by atoms with Gasteiger partial charge in [-0.25, -0.2) is 0 Å². The van der Waals surface area contributed by atoms with Crippen molar-refractivity contribution >= 4 is 11.6 Å². The molecule has 1 amide bonds. The molecule has 1 N–H and O–H groups in total. The van der Waals surface area contributed by atoms with E-state index in [2.05, 4.69) is 31.8 Å². The van der Waals surface area contributed by atoms with Crippen LogP contribution < -0.4 is 5.32 Å². The van der Waals surface area contributed by atoms with Gasteiger partial charge in [0.05, 0.1) is 0 Å². The van der Waals surface area contributed by atoms with Gasteiger partial charge in [0.2, 0.25) is 0 Å². The van der Waals surface area contributed by atoms with Gasteiger partial charge in [0, 0.05) is 11.8 Å². The minimum Gasteiger partial charge on any atom is -0.322 e. The molecule has 84 valence electrons. The highest BCUT2D eigenvalue weighted by atomic mass is 16.1. The van der Waals surface area contributed by atoms with E-state index in [9.17, 15) is 4.79 Å². The summed E-state index contributed by atoms with van der Waals surface area (Å²) in [7, 11) is 0. The van der Waals surface area contributed by atoms with Crippen molar-refractivity contribution in [3.63, 3.8) is 0 Å². The van der Waals surface area contributed by atoms with Crippen LogP contribution in [-0.4, -0.2) is 5.91 Å². The largest absolute Gasteiger partial charge is 0.322 e. The second-order valence-corrected chi connectivity index (χ2v) is 4.68. The van der Waals surface area contributed by atoms with Gasteiger partial charge in [-0.05, 0) is 23.6 Å². The number of carbonyl (C=O) groups excluding carboxylic acids is 1. The molecule has 0 aliphatic carbocycles. The summed E-state index contributed by atoms with van der Waals surface area (Å²) in [5.74, 6) is -0.160. The van der Waals surface area contributed by atoms with E-state index < -0.39 is 0 Å². The van der Waals surface area contributed by atoms with Crippen molar-refractivity contribution in [3.05, 3.63) is 48.2 Å². The Balaban J connectivity index is 2.59. The first-order chi connectivity index (χ1) is 7.47. The summed E-state index contributed by atoms with van der Waals surface area (Å²) in [5.41, 5.74) is 3.72. The third-order valence-electron chi connectivity index (χ3n) is 1.77. The monoisotopic (exact) mass is 215 g/mol. The molecule has 0 aliphatic heterocycles. The number of benzene rings is 1. The number of hydrogen-bond acceptors (Lipinski definition) is 1. The molecule has 1 aromatic rings. The molecule has 0 bridgehead atoms. The Bertz CT molecular complexity index is 406. The number of para-hydroxylation sites is 1. The van der Waals surface area contributed by atoms with Crippen molar-refractivity contribution in [1.82, 2.24) is 0 Å². The van der Waals surface area contributed by atoms with Gasteiger partial charge in [-0.3, -0.25) is 4.79 Å². The Hall–Kier alpha value is -1.79. The molecule has 1 aromatic carbocycles. The molecular formula is C14H17NO. The van der Waals surface area contributed by atoms with Crippen LogP contribution in [0.4, 0.5) is 5.69 Å². The van der Waals surface area contributed by atoms with Crippen LogP contribution >= 0.6 is 0 Å². The first kappa shape index (κ1) is 12.3. The normalized spacial score (nSPS) is 10.2. The Morgan fingerprint density at radius 1 is 1.25 bits per heavy atom. The molecule has 2 heteroatoms. The Morgan fingerprint density at radius 3 is 2.44 bits per heavy atom. The van der Waals surface area contributed by atoms with Gasteiger partial charge in [-0.15, -0.1) is 5.73 Å². The van der Waals surface area contributed by atoms with E-state index in [1.165, 1.54) is 6.08 Å². The maximum atomic E-state index is 11.4. The lowest BCUT2D eigenvalue weighted by Gasteiger charge is -2.08. The predicted molar refractivity (Wildman–Crippen MR) is 67.2 cm³/mol. The molecule has 0 atom stereocenters. The van der Waals surface area contributed by atoms with Crippen molar-refractivity contribution < 1.29 is 4.79 Å². The smallest absolute Gasteiger partial charge is 0.256 e. The third-order valence-corrected chi connectivity index (χ3v) is 1.77. The number of hydrogen-bond donors (Lipinski definition) is 1. The average molecular weight is 215 g/mol. The van der Waals surface area contributed by atoms with Crippen molar-refractivity contribution in [1.29, 1.82) is 0 Å². The highest BCUT2D eigenvalue weighted by Gasteiger charge is 2.02. The Labute approximate surface area is 96.7 Å². The molecule has 0 aliphatic rings. The summed E-state index contributed by atoms with van der Waals surface area (Å²) in [6.45, 7) is 6.18. The van der Waals surface area contributed by atoms with Gasteiger partial charge in [0.1, 0.15) is 0 Å². The van der Waals surface area contributed by atoms with Crippen LogP contribution in [0.15, 0.2) is 48.2 Å². The number of nitrogens with one attached hydrogen (secondary N) is 1. The molecule has 0 heterocycles. The summed E-state index contributed by atoms with van der Waals surface area (Å²) >= 11 is 0. The van der Waals surface area contributed by atoms with E-state index in [4.69, 9.17) is 0 Å². The lowest BCUT2D eigenvalue weighted by Crippen LogP contribution is -2.07. The molecule has 16 heavy (non-hydrogen) atoms. The van der Waals surface area contributed by atoms with Crippen molar-refractivity contribution in [2.24, 2.45) is 5.41 Å². The molecule has 0 aromatic heterocycles. The van der Waals surface area contributed by atoms with E-state index in [0.29, 0.717) is 0 Å². The van der Waals surface area contributed by atoms with Crippen LogP contribution in [0.2, 0.25) is 0 Å². The molecule has 1 rings (SSSR count). The van der Waals surface area contributed by atoms with E-state index in [0.717, 1.165) is 5.69 Å². The van der Waals surface area contributed by atoms with Crippen LogP contribution in [0.1, 0.15) is 20.8 Å². The zero-order chi connectivity index (χ0) is 12.0. The summed E-state index contributed by atoms with van der Waals surface area (Å²) in [6, 6.07) is 9.36. The van der Waals surface area contributed by atoms with Crippen molar-refractivity contribution in [2.45, 2.75) is 20.8 Å². The third kappa shape index (κ3) is 5.18. The maximum absolute atomic E-state index is 11.4. The number of carbonyl (C=O) groups is 1. The van der Waals surface area contributed by atoms with Gasteiger partial charge in [0.25, 0.3) is 5.91 Å². The van der Waals surface area contributed by atoms with Gasteiger partial charge >= 0.3 is 0 Å². The second-order valence-electron chi connectivity index (χ2n) is 4.68. The van der Waals surface area contributed by atoms with Gasteiger partial charge in [-0.2, -0.15) is 0 Å². The summed E-state index contributed by atoms with van der Waals surface area (Å²) < 4.78 is 0. The zero-order valence-corrected chi connectivity index (χ0v) is 9.95. The van der Waals surface area contributed by atoms with Crippen LogP contribution in [-0.2, 0) is 4.79 Å². The van der Waals surface area contributed by atoms with Crippen molar-refractivity contribution in [2.75, 3.05) is 5.32 Å². The highest BCUT2D eigenvalue weighted by molar-refractivity contribution is 5.99. The zero-order valence-electron chi connectivity index (χ0n) is 9.95. The quantitative estimate of drug-likeness (QED) is 0.594. The van der Waals surface area contributed by atoms with Gasteiger partial charge in [0.15, 0.2) is 0 Å².